The van der Waals surface area contributed by atoms with E-state index in [1.165, 1.54) is 19.4 Å². The summed E-state index contributed by atoms with van der Waals surface area (Å²) in [7, 11) is 2.09. The Morgan fingerprint density at radius 1 is 1.35 bits per heavy atom. The van der Waals surface area contributed by atoms with Crippen LogP contribution in [0, 0.1) is 0 Å². The number of carbonyl (C=O) groups excluding carboxylic acids is 1. The smallest absolute Gasteiger partial charge is 0.239 e. The van der Waals surface area contributed by atoms with E-state index in [2.05, 4.69) is 36.0 Å². The maximum Gasteiger partial charge on any atom is 0.239 e. The van der Waals surface area contributed by atoms with Crippen molar-refractivity contribution in [3.8, 4) is 0 Å². The normalized spacial score (nSPS) is 26.2. The number of piperazine rings is 1. The van der Waals surface area contributed by atoms with Crippen LogP contribution in [0.15, 0.2) is 0 Å². The van der Waals surface area contributed by atoms with Crippen LogP contribution in [-0.4, -0.2) is 85.6 Å². The quantitative estimate of drug-likeness (QED) is 0.783. The molecule has 0 saturated carbocycles. The monoisotopic (exact) mass is 282 g/mol. The minimum Gasteiger partial charge on any atom is -0.339 e. The van der Waals surface area contributed by atoms with Gasteiger partial charge in [0.15, 0.2) is 0 Å². The van der Waals surface area contributed by atoms with E-state index < -0.39 is 0 Å². The number of hydrogen-bond donors (Lipinski definition) is 1. The molecule has 0 aromatic carbocycles. The summed E-state index contributed by atoms with van der Waals surface area (Å²) in [5.41, 5.74) is 0. The van der Waals surface area contributed by atoms with E-state index in [4.69, 9.17) is 0 Å². The first kappa shape index (κ1) is 15.7. The average Bonchev–Trinajstić information content (AvgIpc) is 2.93. The van der Waals surface area contributed by atoms with Gasteiger partial charge in [0.1, 0.15) is 0 Å². The molecular weight excluding hydrogens is 252 g/mol. The highest BCUT2D eigenvalue weighted by molar-refractivity contribution is 5.81. The minimum absolute atomic E-state index is 0.00703. The Balaban J connectivity index is 1.84. The first-order valence-corrected chi connectivity index (χ1v) is 8.07. The Labute approximate surface area is 123 Å². The SMILES string of the molecule is CCN1CCCC1CN(C)C(C)C(=O)N1CCNCC1. The molecule has 1 N–H and O–H groups in total. The highest BCUT2D eigenvalue weighted by Gasteiger charge is 2.29. The third-order valence-electron chi connectivity index (χ3n) is 4.85. The van der Waals surface area contributed by atoms with Gasteiger partial charge in [-0.3, -0.25) is 14.6 Å². The average molecular weight is 282 g/mol. The molecule has 0 bridgehead atoms. The fourth-order valence-electron chi connectivity index (χ4n) is 3.35. The minimum atomic E-state index is -0.00703. The number of nitrogens with one attached hydrogen (secondary N) is 1. The number of amides is 1. The van der Waals surface area contributed by atoms with Crippen molar-refractivity contribution >= 4 is 5.91 Å². The standard InChI is InChI=1S/C15H30N4O/c1-4-18-9-5-6-14(18)12-17(3)13(2)15(20)19-10-7-16-8-11-19/h13-14,16H,4-12H2,1-3H3. The molecule has 2 unspecified atom stereocenters. The van der Waals surface area contributed by atoms with Gasteiger partial charge in [0.25, 0.3) is 0 Å². The predicted octanol–water partition coefficient (Wildman–Crippen LogP) is 0.223. The zero-order chi connectivity index (χ0) is 14.5. The second kappa shape index (κ2) is 7.38. The number of rotatable bonds is 5. The second-order valence-corrected chi connectivity index (χ2v) is 6.12. The molecule has 2 heterocycles. The van der Waals surface area contributed by atoms with Gasteiger partial charge in [-0.2, -0.15) is 0 Å². The van der Waals surface area contributed by atoms with E-state index >= 15 is 0 Å². The molecule has 2 rings (SSSR count). The predicted molar refractivity (Wildman–Crippen MR) is 81.8 cm³/mol. The maximum absolute atomic E-state index is 12.5. The Bertz CT molecular complexity index is 317. The highest BCUT2D eigenvalue weighted by atomic mass is 16.2. The lowest BCUT2D eigenvalue weighted by atomic mass is 10.1. The summed E-state index contributed by atoms with van der Waals surface area (Å²) in [6, 6.07) is 0.621. The molecule has 1 amide bonds. The van der Waals surface area contributed by atoms with Crippen LogP contribution in [0.25, 0.3) is 0 Å². The summed E-state index contributed by atoms with van der Waals surface area (Å²) < 4.78 is 0. The lowest BCUT2D eigenvalue weighted by Gasteiger charge is -2.35. The zero-order valence-electron chi connectivity index (χ0n) is 13.3. The molecule has 5 nitrogen and oxygen atoms in total. The third-order valence-corrected chi connectivity index (χ3v) is 4.85. The van der Waals surface area contributed by atoms with E-state index in [0.717, 1.165) is 39.3 Å². The van der Waals surface area contributed by atoms with Gasteiger partial charge >= 0.3 is 0 Å². The Kier molecular flexibility index (Phi) is 5.81. The zero-order valence-corrected chi connectivity index (χ0v) is 13.3. The Morgan fingerprint density at radius 2 is 2.05 bits per heavy atom. The lowest BCUT2D eigenvalue weighted by molar-refractivity contribution is -0.136. The van der Waals surface area contributed by atoms with Gasteiger partial charge in [0, 0.05) is 38.8 Å². The van der Waals surface area contributed by atoms with Crippen LogP contribution < -0.4 is 5.32 Å². The maximum atomic E-state index is 12.5. The molecule has 2 atom stereocenters. The number of hydrogen-bond acceptors (Lipinski definition) is 4. The number of carbonyl (C=O) groups is 1. The molecule has 2 aliphatic rings. The molecule has 0 radical (unpaired) electrons. The topological polar surface area (TPSA) is 38.8 Å². The molecule has 2 aliphatic heterocycles. The van der Waals surface area contributed by atoms with Crippen molar-refractivity contribution in [3.63, 3.8) is 0 Å². The van der Waals surface area contributed by atoms with Gasteiger partial charge in [-0.1, -0.05) is 6.92 Å². The van der Waals surface area contributed by atoms with E-state index in [1.54, 1.807) is 0 Å². The molecule has 0 aromatic heterocycles. The summed E-state index contributed by atoms with van der Waals surface area (Å²) in [6.45, 7) is 11.2. The third kappa shape index (κ3) is 3.71. The summed E-state index contributed by atoms with van der Waals surface area (Å²) in [6.07, 6.45) is 2.57. The van der Waals surface area contributed by atoms with Gasteiger partial charge < -0.3 is 10.2 Å². The van der Waals surface area contributed by atoms with Crippen molar-refractivity contribution in [2.24, 2.45) is 0 Å². The Hall–Kier alpha value is -0.650. The van der Waals surface area contributed by atoms with E-state index in [0.29, 0.717) is 6.04 Å². The summed E-state index contributed by atoms with van der Waals surface area (Å²) in [4.78, 5) is 19.3. The molecule has 116 valence electrons. The van der Waals surface area contributed by atoms with Crippen molar-refractivity contribution in [2.75, 3.05) is 52.9 Å². The van der Waals surface area contributed by atoms with Crippen molar-refractivity contribution in [2.45, 2.75) is 38.8 Å². The molecule has 2 saturated heterocycles. The molecule has 5 heteroatoms. The Morgan fingerprint density at radius 3 is 2.70 bits per heavy atom. The molecule has 0 spiro atoms. The fourth-order valence-corrected chi connectivity index (χ4v) is 3.35. The summed E-state index contributed by atoms with van der Waals surface area (Å²) in [5.74, 6) is 0.287. The molecule has 0 aromatic rings. The summed E-state index contributed by atoms with van der Waals surface area (Å²) in [5, 5.41) is 3.30. The van der Waals surface area contributed by atoms with Crippen LogP contribution in [0.1, 0.15) is 26.7 Å². The molecule has 0 aliphatic carbocycles. The van der Waals surface area contributed by atoms with Gasteiger partial charge in [0.2, 0.25) is 5.91 Å². The fraction of sp³-hybridized carbons (Fsp3) is 0.933. The van der Waals surface area contributed by atoms with Crippen molar-refractivity contribution in [1.82, 2.24) is 20.0 Å². The van der Waals surface area contributed by atoms with Crippen molar-refractivity contribution in [1.29, 1.82) is 0 Å². The van der Waals surface area contributed by atoms with Gasteiger partial charge in [-0.25, -0.2) is 0 Å². The number of likely N-dealkylation sites (N-methyl/N-ethyl adjacent to an activating group) is 2. The molecular formula is C15H30N4O. The van der Waals surface area contributed by atoms with E-state index in [9.17, 15) is 4.79 Å². The van der Waals surface area contributed by atoms with Crippen molar-refractivity contribution in [3.05, 3.63) is 0 Å². The molecule has 20 heavy (non-hydrogen) atoms. The summed E-state index contributed by atoms with van der Waals surface area (Å²) >= 11 is 0. The number of likely N-dealkylation sites (tertiary alicyclic amines) is 1. The lowest BCUT2D eigenvalue weighted by Crippen LogP contribution is -2.53. The van der Waals surface area contributed by atoms with Crippen LogP contribution in [0.4, 0.5) is 0 Å². The van der Waals surface area contributed by atoms with E-state index in [1.807, 2.05) is 4.90 Å². The van der Waals surface area contributed by atoms with Crippen LogP contribution in [0.3, 0.4) is 0 Å². The van der Waals surface area contributed by atoms with Crippen LogP contribution in [0.5, 0.6) is 0 Å². The van der Waals surface area contributed by atoms with Gasteiger partial charge in [0.05, 0.1) is 6.04 Å². The second-order valence-electron chi connectivity index (χ2n) is 6.12. The van der Waals surface area contributed by atoms with Crippen LogP contribution in [-0.2, 0) is 4.79 Å². The molecule has 2 fully saturated rings. The van der Waals surface area contributed by atoms with Gasteiger partial charge in [-0.15, -0.1) is 0 Å². The van der Waals surface area contributed by atoms with Crippen LogP contribution in [0.2, 0.25) is 0 Å². The van der Waals surface area contributed by atoms with Crippen molar-refractivity contribution < 1.29 is 4.79 Å². The largest absolute Gasteiger partial charge is 0.339 e. The van der Waals surface area contributed by atoms with E-state index in [-0.39, 0.29) is 11.9 Å². The first-order chi connectivity index (χ1) is 9.63. The van der Waals surface area contributed by atoms with Crippen LogP contribution >= 0.6 is 0 Å². The van der Waals surface area contributed by atoms with Gasteiger partial charge in [-0.05, 0) is 39.9 Å². The number of nitrogens with zero attached hydrogens (tertiary/aromatic N) is 3. The highest BCUT2D eigenvalue weighted by Crippen LogP contribution is 2.18. The first-order valence-electron chi connectivity index (χ1n) is 8.07.